The van der Waals surface area contributed by atoms with Crippen LogP contribution in [0.15, 0.2) is 0 Å². The Hall–Kier alpha value is -0.570. The van der Waals surface area contributed by atoms with Gasteiger partial charge in [0.2, 0.25) is 5.91 Å². The molecule has 3 heteroatoms. The minimum Gasteiger partial charge on any atom is -0.396 e. The highest BCUT2D eigenvalue weighted by atomic mass is 16.3. The number of carbonyl (C=O) groups excluding carboxylic acids is 1. The first-order valence-corrected chi connectivity index (χ1v) is 6.12. The van der Waals surface area contributed by atoms with E-state index in [4.69, 9.17) is 5.11 Å². The number of aliphatic hydroxyl groups is 1. The summed E-state index contributed by atoms with van der Waals surface area (Å²) in [6, 6.07) is 0. The van der Waals surface area contributed by atoms with Crippen molar-refractivity contribution >= 4 is 5.91 Å². The number of fused-ring (bicyclic) bond motifs is 1. The lowest BCUT2D eigenvalue weighted by atomic mass is 10.0. The second-order valence-corrected chi connectivity index (χ2v) is 5.17. The van der Waals surface area contributed by atoms with E-state index in [1.54, 1.807) is 0 Å². The van der Waals surface area contributed by atoms with Crippen LogP contribution in [-0.2, 0) is 4.79 Å². The Balaban J connectivity index is 1.73. The Morgan fingerprint density at radius 2 is 2.00 bits per heavy atom. The molecule has 0 heterocycles. The summed E-state index contributed by atoms with van der Waals surface area (Å²) in [5, 5.41) is 11.8. The maximum atomic E-state index is 11.8. The maximum Gasteiger partial charge on any atom is 0.223 e. The molecule has 3 nitrogen and oxygen atoms in total. The third-order valence-electron chi connectivity index (χ3n) is 3.90. The fraction of sp³-hybridized carbons (Fsp3) is 0.917. The number of hydrogen-bond donors (Lipinski definition) is 2. The summed E-state index contributed by atoms with van der Waals surface area (Å²) in [4.78, 5) is 11.8. The Morgan fingerprint density at radius 3 is 2.53 bits per heavy atom. The average molecular weight is 211 g/mol. The zero-order valence-electron chi connectivity index (χ0n) is 9.41. The fourth-order valence-corrected chi connectivity index (χ4v) is 2.84. The van der Waals surface area contributed by atoms with Crippen LogP contribution in [0.1, 0.15) is 32.6 Å². The third kappa shape index (κ3) is 2.33. The van der Waals surface area contributed by atoms with E-state index < -0.39 is 0 Å². The molecule has 2 rings (SSSR count). The van der Waals surface area contributed by atoms with Crippen molar-refractivity contribution in [1.82, 2.24) is 5.32 Å². The molecule has 0 aromatic heterocycles. The molecule has 0 spiro atoms. The first-order valence-electron chi connectivity index (χ1n) is 6.12. The van der Waals surface area contributed by atoms with Gasteiger partial charge in [0.1, 0.15) is 0 Å². The quantitative estimate of drug-likeness (QED) is 0.733. The van der Waals surface area contributed by atoms with Crippen molar-refractivity contribution in [1.29, 1.82) is 0 Å². The topological polar surface area (TPSA) is 49.3 Å². The molecule has 2 N–H and O–H groups in total. The van der Waals surface area contributed by atoms with Gasteiger partial charge in [-0.05, 0) is 30.6 Å². The highest BCUT2D eigenvalue weighted by Crippen LogP contribution is 2.55. The summed E-state index contributed by atoms with van der Waals surface area (Å²) < 4.78 is 0. The van der Waals surface area contributed by atoms with Crippen molar-refractivity contribution in [2.45, 2.75) is 32.6 Å². The highest BCUT2D eigenvalue weighted by Gasteiger charge is 2.54. The van der Waals surface area contributed by atoms with Gasteiger partial charge in [0.15, 0.2) is 0 Å². The first kappa shape index (κ1) is 10.9. The molecule has 2 fully saturated rings. The van der Waals surface area contributed by atoms with Crippen LogP contribution in [0.4, 0.5) is 0 Å². The number of carbonyl (C=O) groups is 1. The predicted octanol–water partition coefficient (Wildman–Crippen LogP) is 1.17. The van der Waals surface area contributed by atoms with Crippen molar-refractivity contribution in [2.75, 3.05) is 13.2 Å². The second-order valence-electron chi connectivity index (χ2n) is 5.17. The molecule has 3 atom stereocenters. The minimum atomic E-state index is 0.151. The average Bonchev–Trinajstić information content (AvgIpc) is 2.99. The Morgan fingerprint density at radius 1 is 1.40 bits per heavy atom. The van der Waals surface area contributed by atoms with Crippen molar-refractivity contribution in [3.63, 3.8) is 0 Å². The predicted molar refractivity (Wildman–Crippen MR) is 58.2 cm³/mol. The SMILES string of the molecule is CC(CO)CNC(=O)C1C2CCCCC21. The molecule has 0 aromatic rings. The largest absolute Gasteiger partial charge is 0.396 e. The molecule has 2 aliphatic carbocycles. The van der Waals surface area contributed by atoms with Crippen LogP contribution < -0.4 is 5.32 Å². The number of amides is 1. The standard InChI is InChI=1S/C12H21NO2/c1-8(7-14)6-13-12(15)11-9-4-2-3-5-10(9)11/h8-11,14H,2-7H2,1H3,(H,13,15). The number of rotatable bonds is 4. The second kappa shape index (κ2) is 4.52. The number of hydrogen-bond acceptors (Lipinski definition) is 2. The van der Waals surface area contributed by atoms with Crippen LogP contribution in [0.25, 0.3) is 0 Å². The van der Waals surface area contributed by atoms with Crippen LogP contribution >= 0.6 is 0 Å². The monoisotopic (exact) mass is 211 g/mol. The molecular weight excluding hydrogens is 190 g/mol. The van der Waals surface area contributed by atoms with Gasteiger partial charge in [0, 0.05) is 19.1 Å². The number of nitrogens with one attached hydrogen (secondary N) is 1. The van der Waals surface area contributed by atoms with Gasteiger partial charge in [-0.3, -0.25) is 4.79 Å². The molecule has 3 unspecified atom stereocenters. The maximum absolute atomic E-state index is 11.8. The molecule has 2 saturated carbocycles. The van der Waals surface area contributed by atoms with E-state index in [1.807, 2.05) is 6.92 Å². The van der Waals surface area contributed by atoms with E-state index in [2.05, 4.69) is 5.32 Å². The Bertz CT molecular complexity index is 230. The van der Waals surface area contributed by atoms with E-state index in [0.717, 1.165) is 0 Å². The van der Waals surface area contributed by atoms with E-state index in [1.165, 1.54) is 25.7 Å². The summed E-state index contributed by atoms with van der Waals surface area (Å²) in [7, 11) is 0. The van der Waals surface area contributed by atoms with Gasteiger partial charge in [-0.25, -0.2) is 0 Å². The van der Waals surface area contributed by atoms with Crippen molar-refractivity contribution in [3.8, 4) is 0 Å². The van der Waals surface area contributed by atoms with Gasteiger partial charge in [-0.15, -0.1) is 0 Å². The van der Waals surface area contributed by atoms with E-state index in [-0.39, 0.29) is 18.4 Å². The summed E-state index contributed by atoms with van der Waals surface area (Å²) in [5.41, 5.74) is 0. The summed E-state index contributed by atoms with van der Waals surface area (Å²) in [5.74, 6) is 2.08. The van der Waals surface area contributed by atoms with Crippen molar-refractivity contribution < 1.29 is 9.90 Å². The molecule has 86 valence electrons. The highest BCUT2D eigenvalue weighted by molar-refractivity contribution is 5.82. The zero-order valence-corrected chi connectivity index (χ0v) is 9.41. The van der Waals surface area contributed by atoms with Gasteiger partial charge < -0.3 is 10.4 Å². The lowest BCUT2D eigenvalue weighted by Gasteiger charge is -2.09. The third-order valence-corrected chi connectivity index (χ3v) is 3.90. The van der Waals surface area contributed by atoms with E-state index in [9.17, 15) is 4.79 Å². The normalized spacial score (nSPS) is 35.5. The lowest BCUT2D eigenvalue weighted by molar-refractivity contribution is -0.123. The van der Waals surface area contributed by atoms with Gasteiger partial charge in [-0.1, -0.05) is 19.8 Å². The summed E-state index contributed by atoms with van der Waals surface area (Å²) in [6.45, 7) is 2.71. The van der Waals surface area contributed by atoms with Crippen molar-refractivity contribution in [3.05, 3.63) is 0 Å². The fourth-order valence-electron chi connectivity index (χ4n) is 2.84. The van der Waals surface area contributed by atoms with Crippen LogP contribution in [0.5, 0.6) is 0 Å². The van der Waals surface area contributed by atoms with E-state index >= 15 is 0 Å². The first-order chi connectivity index (χ1) is 7.24. The molecule has 2 aliphatic rings. The molecule has 0 aliphatic heterocycles. The number of aliphatic hydroxyl groups excluding tert-OH is 1. The minimum absolute atomic E-state index is 0.151. The van der Waals surface area contributed by atoms with Gasteiger partial charge in [0.05, 0.1) is 0 Å². The lowest BCUT2D eigenvalue weighted by Crippen LogP contribution is -2.31. The molecule has 0 saturated heterocycles. The molecule has 0 bridgehead atoms. The van der Waals surface area contributed by atoms with Crippen LogP contribution in [0.2, 0.25) is 0 Å². The molecule has 15 heavy (non-hydrogen) atoms. The van der Waals surface area contributed by atoms with Crippen LogP contribution in [0, 0.1) is 23.7 Å². The molecule has 0 aromatic carbocycles. The smallest absolute Gasteiger partial charge is 0.223 e. The Labute approximate surface area is 91.2 Å². The summed E-state index contributed by atoms with van der Waals surface area (Å²) >= 11 is 0. The molecular formula is C12H21NO2. The van der Waals surface area contributed by atoms with Gasteiger partial charge in [-0.2, -0.15) is 0 Å². The zero-order chi connectivity index (χ0) is 10.8. The van der Waals surface area contributed by atoms with Gasteiger partial charge in [0.25, 0.3) is 0 Å². The van der Waals surface area contributed by atoms with Crippen LogP contribution in [0.3, 0.4) is 0 Å². The van der Waals surface area contributed by atoms with Crippen molar-refractivity contribution in [2.24, 2.45) is 23.7 Å². The van der Waals surface area contributed by atoms with Gasteiger partial charge >= 0.3 is 0 Å². The molecule has 0 radical (unpaired) electrons. The molecule has 1 amide bonds. The Kier molecular flexibility index (Phi) is 3.29. The van der Waals surface area contributed by atoms with Crippen LogP contribution in [-0.4, -0.2) is 24.2 Å². The summed E-state index contributed by atoms with van der Waals surface area (Å²) in [6.07, 6.45) is 5.10. The van der Waals surface area contributed by atoms with E-state index in [0.29, 0.717) is 24.3 Å².